The third-order valence-corrected chi connectivity index (χ3v) is 5.36. The summed E-state index contributed by atoms with van der Waals surface area (Å²) in [4.78, 5) is 17.2. The summed E-state index contributed by atoms with van der Waals surface area (Å²) in [7, 11) is 3.71. The summed E-state index contributed by atoms with van der Waals surface area (Å²) in [6.07, 6.45) is 2.95. The highest BCUT2D eigenvalue weighted by Gasteiger charge is 2.34. The van der Waals surface area contributed by atoms with Gasteiger partial charge in [-0.3, -0.25) is 9.69 Å². The molecule has 6 nitrogen and oxygen atoms in total. The Labute approximate surface area is 156 Å². The van der Waals surface area contributed by atoms with Crippen LogP contribution in [-0.4, -0.2) is 68.8 Å². The third-order valence-electron chi connectivity index (χ3n) is 5.36. The lowest BCUT2D eigenvalue weighted by Crippen LogP contribution is -2.45. The molecule has 0 aliphatic carbocycles. The van der Waals surface area contributed by atoms with Gasteiger partial charge in [0, 0.05) is 26.8 Å². The Morgan fingerprint density at radius 3 is 2.88 bits per heavy atom. The SMILES string of the molecule is COCCCN(C)C(C)C(=O)N1CCCC1c1ccc2c(c1)OCCO2. The lowest BCUT2D eigenvalue weighted by molar-refractivity contribution is -0.137. The minimum absolute atomic E-state index is 0.119. The van der Waals surface area contributed by atoms with Crippen molar-refractivity contribution >= 4 is 5.91 Å². The first-order valence-electron chi connectivity index (χ1n) is 9.51. The highest BCUT2D eigenvalue weighted by molar-refractivity contribution is 5.82. The molecule has 3 rings (SSSR count). The van der Waals surface area contributed by atoms with Crippen molar-refractivity contribution in [2.75, 3.05) is 47.1 Å². The van der Waals surface area contributed by atoms with Gasteiger partial charge < -0.3 is 19.1 Å². The van der Waals surface area contributed by atoms with Crippen LogP contribution in [-0.2, 0) is 9.53 Å². The summed E-state index contributed by atoms with van der Waals surface area (Å²) in [6, 6.07) is 6.05. The number of ether oxygens (including phenoxy) is 3. The van der Waals surface area contributed by atoms with E-state index in [9.17, 15) is 4.79 Å². The molecule has 2 aliphatic heterocycles. The number of hydrogen-bond donors (Lipinski definition) is 0. The van der Waals surface area contributed by atoms with Crippen molar-refractivity contribution in [3.63, 3.8) is 0 Å². The summed E-state index contributed by atoms with van der Waals surface area (Å²) in [6.45, 7) is 5.54. The first kappa shape index (κ1) is 19.0. The molecule has 1 fully saturated rings. The monoisotopic (exact) mass is 362 g/mol. The quantitative estimate of drug-likeness (QED) is 0.698. The Morgan fingerprint density at radius 1 is 1.35 bits per heavy atom. The third kappa shape index (κ3) is 4.13. The van der Waals surface area contributed by atoms with E-state index in [1.165, 1.54) is 0 Å². The van der Waals surface area contributed by atoms with Crippen LogP contribution in [0.4, 0.5) is 0 Å². The molecule has 0 spiro atoms. The van der Waals surface area contributed by atoms with Crippen LogP contribution in [0.3, 0.4) is 0 Å². The van der Waals surface area contributed by atoms with Crippen molar-refractivity contribution in [2.24, 2.45) is 0 Å². The van der Waals surface area contributed by atoms with Crippen LogP contribution in [0.15, 0.2) is 18.2 Å². The van der Waals surface area contributed by atoms with E-state index < -0.39 is 0 Å². The minimum atomic E-state index is -0.135. The lowest BCUT2D eigenvalue weighted by atomic mass is 10.0. The molecule has 0 aromatic heterocycles. The maximum atomic E-state index is 13.1. The number of likely N-dealkylation sites (N-methyl/N-ethyl adjacent to an activating group) is 1. The molecule has 0 radical (unpaired) electrons. The van der Waals surface area contributed by atoms with E-state index in [1.807, 2.05) is 31.0 Å². The zero-order valence-electron chi connectivity index (χ0n) is 16.1. The van der Waals surface area contributed by atoms with Crippen LogP contribution in [0, 0.1) is 0 Å². The number of amides is 1. The average Bonchev–Trinajstić information content (AvgIpc) is 3.16. The van der Waals surface area contributed by atoms with Crippen LogP contribution in [0.25, 0.3) is 0 Å². The Morgan fingerprint density at radius 2 is 2.12 bits per heavy atom. The summed E-state index contributed by atoms with van der Waals surface area (Å²) in [5, 5.41) is 0. The number of nitrogens with zero attached hydrogens (tertiary/aromatic N) is 2. The summed E-state index contributed by atoms with van der Waals surface area (Å²) < 4.78 is 16.4. The molecule has 2 atom stereocenters. The van der Waals surface area contributed by atoms with Crippen molar-refractivity contribution in [3.05, 3.63) is 23.8 Å². The predicted molar refractivity (Wildman–Crippen MR) is 99.7 cm³/mol. The van der Waals surface area contributed by atoms with Gasteiger partial charge in [0.1, 0.15) is 13.2 Å². The minimum Gasteiger partial charge on any atom is -0.486 e. The van der Waals surface area contributed by atoms with Gasteiger partial charge in [0.05, 0.1) is 12.1 Å². The topological polar surface area (TPSA) is 51.2 Å². The van der Waals surface area contributed by atoms with Gasteiger partial charge in [0.2, 0.25) is 5.91 Å². The molecule has 2 aliphatic rings. The van der Waals surface area contributed by atoms with Crippen molar-refractivity contribution in [1.29, 1.82) is 0 Å². The summed E-state index contributed by atoms with van der Waals surface area (Å²) in [5.41, 5.74) is 1.13. The van der Waals surface area contributed by atoms with Gasteiger partial charge in [-0.15, -0.1) is 0 Å². The highest BCUT2D eigenvalue weighted by atomic mass is 16.6. The molecule has 1 saturated heterocycles. The van der Waals surface area contributed by atoms with E-state index in [1.54, 1.807) is 7.11 Å². The van der Waals surface area contributed by atoms with Crippen LogP contribution in [0.5, 0.6) is 11.5 Å². The van der Waals surface area contributed by atoms with Gasteiger partial charge in [0.15, 0.2) is 11.5 Å². The fourth-order valence-corrected chi connectivity index (χ4v) is 3.72. The normalized spacial score (nSPS) is 20.5. The largest absolute Gasteiger partial charge is 0.486 e. The smallest absolute Gasteiger partial charge is 0.240 e. The lowest BCUT2D eigenvalue weighted by Gasteiger charge is -2.32. The molecule has 26 heavy (non-hydrogen) atoms. The van der Waals surface area contributed by atoms with Crippen molar-refractivity contribution in [3.8, 4) is 11.5 Å². The number of benzene rings is 1. The number of rotatable bonds is 7. The average molecular weight is 362 g/mol. The van der Waals surface area contributed by atoms with Gasteiger partial charge in [-0.2, -0.15) is 0 Å². The molecular formula is C20H30N2O4. The molecule has 2 unspecified atom stereocenters. The Hall–Kier alpha value is -1.79. The van der Waals surface area contributed by atoms with Crippen LogP contribution in [0.2, 0.25) is 0 Å². The van der Waals surface area contributed by atoms with E-state index in [0.717, 1.165) is 56.0 Å². The molecule has 2 heterocycles. The molecule has 144 valence electrons. The van der Waals surface area contributed by atoms with Gasteiger partial charge in [-0.05, 0) is 50.9 Å². The maximum absolute atomic E-state index is 13.1. The van der Waals surface area contributed by atoms with Gasteiger partial charge >= 0.3 is 0 Å². The standard InChI is InChI=1S/C20H30N2O4/c1-15(21(2)9-5-11-24-3)20(23)22-10-4-6-17(22)16-7-8-18-19(14-16)26-13-12-25-18/h7-8,14-15,17H,4-6,9-13H2,1-3H3. The Bertz CT molecular complexity index is 622. The zero-order valence-corrected chi connectivity index (χ0v) is 16.1. The Balaban J connectivity index is 1.68. The second kappa shape index (κ2) is 8.73. The molecule has 0 bridgehead atoms. The van der Waals surface area contributed by atoms with Crippen LogP contribution in [0.1, 0.15) is 37.8 Å². The summed E-state index contributed by atoms with van der Waals surface area (Å²) >= 11 is 0. The molecule has 0 N–H and O–H groups in total. The number of carbonyl (C=O) groups is 1. The molecule has 1 aromatic carbocycles. The zero-order chi connectivity index (χ0) is 18.5. The number of carbonyl (C=O) groups excluding carboxylic acids is 1. The van der Waals surface area contributed by atoms with E-state index in [-0.39, 0.29) is 18.0 Å². The molecule has 6 heteroatoms. The van der Waals surface area contributed by atoms with Crippen molar-refractivity contribution in [1.82, 2.24) is 9.80 Å². The maximum Gasteiger partial charge on any atom is 0.240 e. The summed E-state index contributed by atoms with van der Waals surface area (Å²) in [5.74, 6) is 1.78. The van der Waals surface area contributed by atoms with Gasteiger partial charge in [0.25, 0.3) is 0 Å². The van der Waals surface area contributed by atoms with E-state index in [2.05, 4.69) is 11.0 Å². The van der Waals surface area contributed by atoms with E-state index >= 15 is 0 Å². The van der Waals surface area contributed by atoms with Crippen molar-refractivity contribution in [2.45, 2.75) is 38.3 Å². The molecular weight excluding hydrogens is 332 g/mol. The van der Waals surface area contributed by atoms with Gasteiger partial charge in [-0.1, -0.05) is 6.07 Å². The van der Waals surface area contributed by atoms with Crippen LogP contribution >= 0.6 is 0 Å². The predicted octanol–water partition coefficient (Wildman–Crippen LogP) is 2.48. The highest BCUT2D eigenvalue weighted by Crippen LogP contribution is 2.38. The number of fused-ring (bicyclic) bond motifs is 1. The van der Waals surface area contributed by atoms with E-state index in [4.69, 9.17) is 14.2 Å². The first-order valence-corrected chi connectivity index (χ1v) is 9.51. The number of methoxy groups -OCH3 is 1. The van der Waals surface area contributed by atoms with E-state index in [0.29, 0.717) is 13.2 Å². The first-order chi connectivity index (χ1) is 12.6. The fraction of sp³-hybridized carbons (Fsp3) is 0.650. The number of hydrogen-bond acceptors (Lipinski definition) is 5. The molecule has 0 saturated carbocycles. The number of likely N-dealkylation sites (tertiary alicyclic amines) is 1. The molecule has 1 amide bonds. The van der Waals surface area contributed by atoms with Gasteiger partial charge in [-0.25, -0.2) is 0 Å². The molecule has 1 aromatic rings. The van der Waals surface area contributed by atoms with Crippen molar-refractivity contribution < 1.29 is 19.0 Å². The second-order valence-electron chi connectivity index (χ2n) is 7.10. The van der Waals surface area contributed by atoms with Crippen LogP contribution < -0.4 is 9.47 Å². The fourth-order valence-electron chi connectivity index (χ4n) is 3.72. The second-order valence-corrected chi connectivity index (χ2v) is 7.10. The Kier molecular flexibility index (Phi) is 6.38.